The molecule has 78 valence electrons. The Morgan fingerprint density at radius 2 is 2.23 bits per heavy atom. The van der Waals surface area contributed by atoms with Crippen LogP contribution in [-0.2, 0) is 9.53 Å². The Morgan fingerprint density at radius 1 is 1.54 bits per heavy atom. The molecule has 0 bridgehead atoms. The number of nitrogens with one attached hydrogen (secondary N) is 1. The topological polar surface area (TPSA) is 105 Å². The molecule has 0 aromatic rings. The van der Waals surface area contributed by atoms with Crippen molar-refractivity contribution in [1.82, 2.24) is 5.32 Å². The normalized spacial score (nSPS) is 12.8. The summed E-state index contributed by atoms with van der Waals surface area (Å²) in [5, 5.41) is 20.0. The van der Waals surface area contributed by atoms with Gasteiger partial charge in [0.25, 0.3) is 0 Å². The predicted molar refractivity (Wildman–Crippen MR) is 46.0 cm³/mol. The first-order chi connectivity index (χ1) is 6.18. The van der Waals surface area contributed by atoms with Gasteiger partial charge in [0, 0.05) is 13.1 Å². The van der Waals surface area contributed by atoms with Crippen molar-refractivity contribution in [2.75, 3.05) is 32.9 Å². The predicted octanol–water partition coefficient (Wildman–Crippen LogP) is -2.57. The Hall–Kier alpha value is -0.690. The molecule has 0 saturated heterocycles. The highest BCUT2D eigenvalue weighted by atomic mass is 16.5. The minimum atomic E-state index is -1.15. The van der Waals surface area contributed by atoms with E-state index in [9.17, 15) is 4.79 Å². The second-order valence-electron chi connectivity index (χ2n) is 2.46. The summed E-state index contributed by atoms with van der Waals surface area (Å²) in [6.07, 6.45) is -1.15. The summed E-state index contributed by atoms with van der Waals surface area (Å²) in [7, 11) is 0. The van der Waals surface area contributed by atoms with Gasteiger partial charge in [-0.1, -0.05) is 0 Å². The van der Waals surface area contributed by atoms with Crippen LogP contribution in [0.3, 0.4) is 0 Å². The highest BCUT2D eigenvalue weighted by Crippen LogP contribution is 1.77. The Labute approximate surface area is 76.7 Å². The first-order valence-corrected chi connectivity index (χ1v) is 4.05. The van der Waals surface area contributed by atoms with E-state index in [-0.39, 0.29) is 13.2 Å². The van der Waals surface area contributed by atoms with Crippen molar-refractivity contribution < 1.29 is 19.7 Å². The van der Waals surface area contributed by atoms with Crippen molar-refractivity contribution >= 4 is 5.91 Å². The second kappa shape index (κ2) is 7.93. The summed E-state index contributed by atoms with van der Waals surface area (Å²) in [4.78, 5) is 10.3. The molecule has 0 heterocycles. The third-order valence-electron chi connectivity index (χ3n) is 1.32. The molecule has 0 fully saturated rings. The Morgan fingerprint density at radius 3 is 2.77 bits per heavy atom. The molecule has 0 aliphatic heterocycles. The Balaban J connectivity index is 3.11. The molecule has 0 radical (unpaired) electrons. The zero-order chi connectivity index (χ0) is 10.1. The van der Waals surface area contributed by atoms with Gasteiger partial charge in [-0.05, 0) is 0 Å². The van der Waals surface area contributed by atoms with Crippen LogP contribution in [0.1, 0.15) is 0 Å². The maximum absolute atomic E-state index is 10.3. The van der Waals surface area contributed by atoms with Gasteiger partial charge in [-0.25, -0.2) is 0 Å². The number of aliphatic hydroxyl groups excluding tert-OH is 2. The fourth-order valence-corrected chi connectivity index (χ4v) is 0.650. The number of hydrogen-bond donors (Lipinski definition) is 4. The maximum Gasteiger partial charge on any atom is 0.247 e. The first-order valence-electron chi connectivity index (χ1n) is 4.05. The van der Waals surface area contributed by atoms with Crippen LogP contribution in [0.2, 0.25) is 0 Å². The highest BCUT2D eigenvalue weighted by molar-refractivity contribution is 5.78. The van der Waals surface area contributed by atoms with E-state index in [0.717, 1.165) is 0 Å². The molecular formula is C7H16N2O4. The fourth-order valence-electron chi connectivity index (χ4n) is 0.650. The summed E-state index contributed by atoms with van der Waals surface area (Å²) < 4.78 is 4.91. The van der Waals surface area contributed by atoms with Crippen LogP contribution in [0.5, 0.6) is 0 Å². The van der Waals surface area contributed by atoms with Crippen LogP contribution in [0.4, 0.5) is 0 Å². The number of ether oxygens (including phenoxy) is 1. The van der Waals surface area contributed by atoms with Crippen LogP contribution in [0.15, 0.2) is 0 Å². The molecule has 1 amide bonds. The maximum atomic E-state index is 10.3. The zero-order valence-corrected chi connectivity index (χ0v) is 7.40. The Bertz CT molecular complexity index is 142. The van der Waals surface area contributed by atoms with E-state index in [1.54, 1.807) is 0 Å². The Kier molecular flexibility index (Phi) is 7.51. The second-order valence-corrected chi connectivity index (χ2v) is 2.46. The molecule has 0 aliphatic rings. The van der Waals surface area contributed by atoms with E-state index in [2.05, 4.69) is 5.32 Å². The number of carbonyl (C=O) groups excluding carboxylic acids is 1. The molecule has 0 saturated carbocycles. The molecule has 0 rings (SSSR count). The van der Waals surface area contributed by atoms with E-state index < -0.39 is 12.0 Å². The smallest absolute Gasteiger partial charge is 0.247 e. The number of aliphatic hydroxyl groups is 2. The largest absolute Gasteiger partial charge is 0.394 e. The van der Waals surface area contributed by atoms with Gasteiger partial charge in [0.15, 0.2) is 0 Å². The molecule has 6 heteroatoms. The average molecular weight is 192 g/mol. The summed E-state index contributed by atoms with van der Waals surface area (Å²) in [5.41, 5.74) is 4.81. The van der Waals surface area contributed by atoms with E-state index in [0.29, 0.717) is 19.8 Å². The van der Waals surface area contributed by atoms with Crippen LogP contribution < -0.4 is 11.1 Å². The number of rotatable bonds is 8. The molecule has 6 nitrogen and oxygen atoms in total. The van der Waals surface area contributed by atoms with Crippen LogP contribution >= 0.6 is 0 Å². The van der Waals surface area contributed by atoms with Crippen LogP contribution in [0.25, 0.3) is 0 Å². The minimum absolute atomic E-state index is 0.0100. The number of carbonyl (C=O) groups is 1. The lowest BCUT2D eigenvalue weighted by molar-refractivity contribution is -0.125. The number of amides is 1. The summed E-state index contributed by atoms with van der Waals surface area (Å²) in [6, 6.07) is 0. The summed E-state index contributed by atoms with van der Waals surface area (Å²) in [6.45, 7) is 1.33. The van der Waals surface area contributed by atoms with Gasteiger partial charge in [-0.2, -0.15) is 0 Å². The third kappa shape index (κ3) is 7.66. The van der Waals surface area contributed by atoms with Crippen molar-refractivity contribution in [2.45, 2.75) is 6.10 Å². The zero-order valence-electron chi connectivity index (χ0n) is 7.40. The van der Waals surface area contributed by atoms with Crippen molar-refractivity contribution in [3.05, 3.63) is 0 Å². The quantitative estimate of drug-likeness (QED) is 0.316. The minimum Gasteiger partial charge on any atom is -0.394 e. The lowest BCUT2D eigenvalue weighted by Gasteiger charge is -2.07. The lowest BCUT2D eigenvalue weighted by Crippen LogP contribution is -2.38. The molecule has 0 aromatic heterocycles. The molecular weight excluding hydrogens is 176 g/mol. The van der Waals surface area contributed by atoms with Gasteiger partial charge >= 0.3 is 0 Å². The van der Waals surface area contributed by atoms with Crippen molar-refractivity contribution in [3.63, 3.8) is 0 Å². The SMILES string of the molecule is NC(=O)C(O)CNCCOCCO. The molecule has 13 heavy (non-hydrogen) atoms. The van der Waals surface area contributed by atoms with Gasteiger partial charge in [-0.3, -0.25) is 4.79 Å². The molecule has 1 atom stereocenters. The van der Waals surface area contributed by atoms with Crippen molar-refractivity contribution in [1.29, 1.82) is 0 Å². The molecule has 0 spiro atoms. The van der Waals surface area contributed by atoms with E-state index >= 15 is 0 Å². The lowest BCUT2D eigenvalue weighted by atomic mass is 10.3. The van der Waals surface area contributed by atoms with Crippen LogP contribution in [0, 0.1) is 0 Å². The number of primary amides is 1. The highest BCUT2D eigenvalue weighted by Gasteiger charge is 2.08. The molecule has 0 aliphatic carbocycles. The molecule has 5 N–H and O–H groups in total. The van der Waals surface area contributed by atoms with Crippen molar-refractivity contribution in [3.8, 4) is 0 Å². The van der Waals surface area contributed by atoms with Gasteiger partial charge in [0.2, 0.25) is 5.91 Å². The van der Waals surface area contributed by atoms with E-state index in [1.807, 2.05) is 0 Å². The standard InChI is InChI=1S/C7H16N2O4/c8-7(12)6(11)5-9-1-3-13-4-2-10/h6,9-11H,1-5H2,(H2,8,12). The van der Waals surface area contributed by atoms with Gasteiger partial charge in [0.1, 0.15) is 6.10 Å². The first kappa shape index (κ1) is 12.3. The third-order valence-corrected chi connectivity index (χ3v) is 1.32. The van der Waals surface area contributed by atoms with E-state index in [1.165, 1.54) is 0 Å². The summed E-state index contributed by atoms with van der Waals surface area (Å²) >= 11 is 0. The van der Waals surface area contributed by atoms with Gasteiger partial charge in [-0.15, -0.1) is 0 Å². The monoisotopic (exact) mass is 192 g/mol. The van der Waals surface area contributed by atoms with Crippen molar-refractivity contribution in [2.24, 2.45) is 5.73 Å². The number of nitrogens with two attached hydrogens (primary N) is 1. The number of hydrogen-bond acceptors (Lipinski definition) is 5. The van der Waals surface area contributed by atoms with Gasteiger partial charge < -0.3 is 26.0 Å². The van der Waals surface area contributed by atoms with Gasteiger partial charge in [0.05, 0.1) is 19.8 Å². The van der Waals surface area contributed by atoms with E-state index in [4.69, 9.17) is 20.7 Å². The average Bonchev–Trinajstić information content (AvgIpc) is 2.10. The van der Waals surface area contributed by atoms with Crippen LogP contribution in [-0.4, -0.2) is 55.1 Å². The molecule has 1 unspecified atom stereocenters. The summed E-state index contributed by atoms with van der Waals surface area (Å²) in [5.74, 6) is -0.747. The fraction of sp³-hybridized carbons (Fsp3) is 0.857. The molecule has 0 aromatic carbocycles.